The summed E-state index contributed by atoms with van der Waals surface area (Å²) in [7, 11) is 0. The van der Waals surface area contributed by atoms with E-state index < -0.39 is 0 Å². The van der Waals surface area contributed by atoms with E-state index in [9.17, 15) is 4.79 Å². The number of pyridine rings is 1. The third-order valence-corrected chi connectivity index (χ3v) is 3.43. The Morgan fingerprint density at radius 2 is 2.24 bits per heavy atom. The Balaban J connectivity index is 1.95. The lowest BCUT2D eigenvalue weighted by atomic mass is 10.1. The Labute approximate surface area is 109 Å². The lowest BCUT2D eigenvalue weighted by Gasteiger charge is -2.32. The lowest BCUT2D eigenvalue weighted by Crippen LogP contribution is -2.38. The molecule has 0 spiro atoms. The summed E-state index contributed by atoms with van der Waals surface area (Å²) in [6.45, 7) is 3.20. The Bertz CT molecular complexity index is 403. The molecule has 0 radical (unpaired) electrons. The van der Waals surface area contributed by atoms with Crippen molar-refractivity contribution in [2.45, 2.75) is 25.9 Å². The number of aromatic nitrogens is 1. The van der Waals surface area contributed by atoms with Gasteiger partial charge in [-0.3, -0.25) is 4.79 Å². The number of rotatable bonds is 2. The summed E-state index contributed by atoms with van der Waals surface area (Å²) in [5.41, 5.74) is 0. The van der Waals surface area contributed by atoms with Gasteiger partial charge in [0.25, 0.3) is 0 Å². The van der Waals surface area contributed by atoms with Gasteiger partial charge in [0.15, 0.2) is 0 Å². The van der Waals surface area contributed by atoms with Gasteiger partial charge in [0.1, 0.15) is 11.9 Å². The number of hydrogen-bond acceptors (Lipinski definition) is 4. The SMILES string of the molecule is CC(=O)OC1CCN(c2ncccc2Br)CC1. The molecule has 0 bridgehead atoms. The highest BCUT2D eigenvalue weighted by atomic mass is 79.9. The Hall–Kier alpha value is -1.10. The normalized spacial score (nSPS) is 16.9. The van der Waals surface area contributed by atoms with Gasteiger partial charge in [-0.15, -0.1) is 0 Å². The van der Waals surface area contributed by atoms with Crippen LogP contribution >= 0.6 is 15.9 Å². The van der Waals surface area contributed by atoms with Gasteiger partial charge < -0.3 is 9.64 Å². The summed E-state index contributed by atoms with van der Waals surface area (Å²) >= 11 is 3.50. The molecule has 1 fully saturated rings. The molecule has 0 amide bonds. The first kappa shape index (κ1) is 12.4. The first-order chi connectivity index (χ1) is 8.16. The van der Waals surface area contributed by atoms with Crippen molar-refractivity contribution in [1.82, 2.24) is 4.98 Å². The van der Waals surface area contributed by atoms with Crippen LogP contribution in [0.15, 0.2) is 22.8 Å². The maximum atomic E-state index is 10.9. The van der Waals surface area contributed by atoms with E-state index in [4.69, 9.17) is 4.74 Å². The average molecular weight is 299 g/mol. The van der Waals surface area contributed by atoms with Crippen LogP contribution in [0.25, 0.3) is 0 Å². The van der Waals surface area contributed by atoms with Gasteiger partial charge in [-0.25, -0.2) is 4.98 Å². The minimum absolute atomic E-state index is 0.0613. The van der Waals surface area contributed by atoms with E-state index in [0.29, 0.717) is 0 Å². The molecular formula is C12H15BrN2O2. The molecule has 0 aliphatic carbocycles. The highest BCUT2D eigenvalue weighted by Gasteiger charge is 2.22. The zero-order valence-electron chi connectivity index (χ0n) is 9.73. The number of ether oxygens (including phenoxy) is 1. The number of piperidine rings is 1. The molecule has 17 heavy (non-hydrogen) atoms. The molecule has 5 heteroatoms. The molecule has 4 nitrogen and oxygen atoms in total. The Kier molecular flexibility index (Phi) is 3.99. The van der Waals surface area contributed by atoms with Crippen LogP contribution in [0.3, 0.4) is 0 Å². The molecular weight excluding hydrogens is 284 g/mol. The third-order valence-electron chi connectivity index (χ3n) is 2.81. The minimum Gasteiger partial charge on any atom is -0.462 e. The van der Waals surface area contributed by atoms with E-state index in [2.05, 4.69) is 25.8 Å². The third kappa shape index (κ3) is 3.19. The van der Waals surface area contributed by atoms with Gasteiger partial charge >= 0.3 is 5.97 Å². The molecule has 1 aromatic rings. The molecule has 92 valence electrons. The first-order valence-corrected chi connectivity index (χ1v) is 6.49. The Morgan fingerprint density at radius 1 is 1.53 bits per heavy atom. The standard InChI is InChI=1S/C12H15BrN2O2/c1-9(16)17-10-4-7-15(8-5-10)12-11(13)3-2-6-14-12/h2-3,6,10H,4-5,7-8H2,1H3. The van der Waals surface area contributed by atoms with Crippen molar-refractivity contribution in [2.75, 3.05) is 18.0 Å². The fraction of sp³-hybridized carbons (Fsp3) is 0.500. The van der Waals surface area contributed by atoms with E-state index in [1.165, 1.54) is 6.92 Å². The number of hydrogen-bond donors (Lipinski definition) is 0. The molecule has 1 aromatic heterocycles. The van der Waals surface area contributed by atoms with Gasteiger partial charge in [-0.1, -0.05) is 0 Å². The summed E-state index contributed by atoms with van der Waals surface area (Å²) < 4.78 is 6.21. The van der Waals surface area contributed by atoms with Crippen LogP contribution in [0.1, 0.15) is 19.8 Å². The van der Waals surface area contributed by atoms with Crippen LogP contribution in [0, 0.1) is 0 Å². The van der Waals surface area contributed by atoms with E-state index in [1.54, 1.807) is 6.20 Å². The highest BCUT2D eigenvalue weighted by Crippen LogP contribution is 2.26. The van der Waals surface area contributed by atoms with Crippen molar-refractivity contribution in [1.29, 1.82) is 0 Å². The van der Waals surface area contributed by atoms with Crippen molar-refractivity contribution in [2.24, 2.45) is 0 Å². The van der Waals surface area contributed by atoms with Crippen LogP contribution in [-0.4, -0.2) is 30.1 Å². The maximum absolute atomic E-state index is 10.9. The number of anilines is 1. The largest absolute Gasteiger partial charge is 0.462 e. The molecule has 0 unspecified atom stereocenters. The van der Waals surface area contributed by atoms with E-state index >= 15 is 0 Å². The van der Waals surface area contributed by atoms with Crippen molar-refractivity contribution >= 4 is 27.7 Å². The summed E-state index contributed by atoms with van der Waals surface area (Å²) in [5, 5.41) is 0. The van der Waals surface area contributed by atoms with Crippen molar-refractivity contribution in [3.63, 3.8) is 0 Å². The molecule has 1 aliphatic heterocycles. The smallest absolute Gasteiger partial charge is 0.302 e. The fourth-order valence-electron chi connectivity index (χ4n) is 2.03. The predicted octanol–water partition coefficient (Wildman–Crippen LogP) is 2.38. The molecule has 0 aromatic carbocycles. The van der Waals surface area contributed by atoms with Crippen LogP contribution in [0.4, 0.5) is 5.82 Å². The molecule has 2 heterocycles. The predicted molar refractivity (Wildman–Crippen MR) is 68.9 cm³/mol. The van der Waals surface area contributed by atoms with Gasteiger partial charge in [0.05, 0.1) is 4.47 Å². The summed E-state index contributed by atoms with van der Waals surface area (Å²) in [6, 6.07) is 3.89. The lowest BCUT2D eigenvalue weighted by molar-refractivity contribution is -0.147. The van der Waals surface area contributed by atoms with Gasteiger partial charge in [-0.05, 0) is 28.1 Å². The molecule has 2 rings (SSSR count). The van der Waals surface area contributed by atoms with E-state index in [-0.39, 0.29) is 12.1 Å². The topological polar surface area (TPSA) is 42.4 Å². The van der Waals surface area contributed by atoms with Crippen LogP contribution in [0.5, 0.6) is 0 Å². The fourth-order valence-corrected chi connectivity index (χ4v) is 2.54. The first-order valence-electron chi connectivity index (χ1n) is 5.69. The molecule has 1 aliphatic rings. The van der Waals surface area contributed by atoms with E-state index in [1.807, 2.05) is 12.1 Å². The molecule has 0 atom stereocenters. The average Bonchev–Trinajstić information content (AvgIpc) is 2.30. The molecule has 0 saturated carbocycles. The zero-order chi connectivity index (χ0) is 12.3. The van der Waals surface area contributed by atoms with Crippen molar-refractivity contribution < 1.29 is 9.53 Å². The van der Waals surface area contributed by atoms with Crippen LogP contribution < -0.4 is 4.90 Å². The van der Waals surface area contributed by atoms with Gasteiger partial charge in [0.2, 0.25) is 0 Å². The second-order valence-electron chi connectivity index (χ2n) is 4.10. The van der Waals surface area contributed by atoms with Crippen LogP contribution in [-0.2, 0) is 9.53 Å². The minimum atomic E-state index is -0.192. The number of carbonyl (C=O) groups is 1. The Morgan fingerprint density at radius 3 is 2.82 bits per heavy atom. The summed E-state index contributed by atoms with van der Waals surface area (Å²) in [6.07, 6.45) is 3.58. The van der Waals surface area contributed by atoms with Crippen LogP contribution in [0.2, 0.25) is 0 Å². The number of nitrogens with zero attached hydrogens (tertiary/aromatic N) is 2. The van der Waals surface area contributed by atoms with Crippen molar-refractivity contribution in [3.8, 4) is 0 Å². The zero-order valence-corrected chi connectivity index (χ0v) is 11.3. The van der Waals surface area contributed by atoms with Crippen molar-refractivity contribution in [3.05, 3.63) is 22.8 Å². The highest BCUT2D eigenvalue weighted by molar-refractivity contribution is 9.10. The summed E-state index contributed by atoms with van der Waals surface area (Å²) in [4.78, 5) is 17.4. The second kappa shape index (κ2) is 5.49. The molecule has 0 N–H and O–H groups in total. The number of carbonyl (C=O) groups excluding carboxylic acids is 1. The maximum Gasteiger partial charge on any atom is 0.302 e. The summed E-state index contributed by atoms with van der Waals surface area (Å²) in [5.74, 6) is 0.774. The number of halogens is 1. The monoisotopic (exact) mass is 298 g/mol. The second-order valence-corrected chi connectivity index (χ2v) is 4.96. The van der Waals surface area contributed by atoms with E-state index in [0.717, 1.165) is 36.2 Å². The number of esters is 1. The molecule has 1 saturated heterocycles. The van der Waals surface area contributed by atoms with Gasteiger partial charge in [0, 0.05) is 39.1 Å². The van der Waals surface area contributed by atoms with Gasteiger partial charge in [-0.2, -0.15) is 0 Å². The quantitative estimate of drug-likeness (QED) is 0.786.